The highest BCUT2D eigenvalue weighted by atomic mass is 35.5. The second kappa shape index (κ2) is 15.3. The number of hydrogen-bond donors (Lipinski definition) is 3. The number of carbonyl (C=O) groups excluding carboxylic acids is 3. The standard InChI is InChI=1S/C36H27Cl2N3O3S/c37-28-15-20-32(31(38)22-28)40-34(42)23-45-30-18-16-29(17-19-30)39-36(44)33(41-35(43)27-9-5-2-6-10-27)21-24-11-13-26(14-12-24)25-7-3-1-4-8-25/h1-22H,23H2,(H,39,44)(H,40,42)(H,41,43)/b33-21-. The van der Waals surface area contributed by atoms with Crippen molar-refractivity contribution in [3.63, 3.8) is 0 Å². The van der Waals surface area contributed by atoms with Gasteiger partial charge in [0.15, 0.2) is 0 Å². The van der Waals surface area contributed by atoms with Crippen LogP contribution in [0.3, 0.4) is 0 Å². The van der Waals surface area contributed by atoms with Crippen molar-refractivity contribution >= 4 is 70.1 Å². The molecule has 0 atom stereocenters. The van der Waals surface area contributed by atoms with Gasteiger partial charge in [-0.1, -0.05) is 96.0 Å². The molecule has 5 rings (SSSR count). The van der Waals surface area contributed by atoms with E-state index < -0.39 is 11.8 Å². The van der Waals surface area contributed by atoms with E-state index >= 15 is 0 Å². The van der Waals surface area contributed by atoms with Crippen LogP contribution in [0.25, 0.3) is 17.2 Å². The van der Waals surface area contributed by atoms with Crippen LogP contribution in [0.2, 0.25) is 10.0 Å². The van der Waals surface area contributed by atoms with Crippen molar-refractivity contribution < 1.29 is 14.4 Å². The second-order valence-electron chi connectivity index (χ2n) is 9.81. The van der Waals surface area contributed by atoms with Gasteiger partial charge in [0.2, 0.25) is 5.91 Å². The van der Waals surface area contributed by atoms with Gasteiger partial charge in [0.25, 0.3) is 11.8 Å². The Morgan fingerprint density at radius 3 is 2.00 bits per heavy atom. The van der Waals surface area contributed by atoms with E-state index in [1.54, 1.807) is 72.8 Å². The molecule has 5 aromatic rings. The first-order chi connectivity index (χ1) is 21.8. The quantitative estimate of drug-likeness (QED) is 0.104. The second-order valence-corrected chi connectivity index (χ2v) is 11.7. The fraction of sp³-hybridized carbons (Fsp3) is 0.0278. The third kappa shape index (κ3) is 9.09. The number of hydrogen-bond acceptors (Lipinski definition) is 4. The first kappa shape index (κ1) is 31.6. The van der Waals surface area contributed by atoms with Gasteiger partial charge >= 0.3 is 0 Å². The summed E-state index contributed by atoms with van der Waals surface area (Å²) in [6.45, 7) is 0. The highest BCUT2D eigenvalue weighted by Crippen LogP contribution is 2.27. The minimum atomic E-state index is -0.481. The van der Waals surface area contributed by atoms with Gasteiger partial charge in [-0.05, 0) is 77.4 Å². The summed E-state index contributed by atoms with van der Waals surface area (Å²) >= 11 is 13.4. The van der Waals surface area contributed by atoms with Crippen LogP contribution in [0, 0.1) is 0 Å². The smallest absolute Gasteiger partial charge is 0.272 e. The minimum absolute atomic E-state index is 0.0901. The van der Waals surface area contributed by atoms with Gasteiger partial charge < -0.3 is 16.0 Å². The molecule has 0 aliphatic rings. The van der Waals surface area contributed by atoms with Gasteiger partial charge in [-0.25, -0.2) is 0 Å². The zero-order valence-corrected chi connectivity index (χ0v) is 26.1. The summed E-state index contributed by atoms with van der Waals surface area (Å²) in [7, 11) is 0. The predicted molar refractivity (Wildman–Crippen MR) is 185 cm³/mol. The average Bonchev–Trinajstić information content (AvgIpc) is 3.06. The molecule has 9 heteroatoms. The molecule has 0 aliphatic carbocycles. The van der Waals surface area contributed by atoms with E-state index in [1.165, 1.54) is 11.8 Å². The van der Waals surface area contributed by atoms with Crippen LogP contribution >= 0.6 is 35.0 Å². The summed E-state index contributed by atoms with van der Waals surface area (Å²) in [5.41, 5.74) is 4.40. The Morgan fingerprint density at radius 2 is 1.33 bits per heavy atom. The molecule has 0 aromatic heterocycles. The average molecular weight is 653 g/mol. The maximum atomic E-state index is 13.4. The zero-order chi connectivity index (χ0) is 31.6. The maximum absolute atomic E-state index is 13.4. The highest BCUT2D eigenvalue weighted by Gasteiger charge is 2.15. The Bertz CT molecular complexity index is 1830. The van der Waals surface area contributed by atoms with E-state index in [0.29, 0.717) is 27.0 Å². The lowest BCUT2D eigenvalue weighted by Crippen LogP contribution is -2.30. The van der Waals surface area contributed by atoms with Gasteiger partial charge in [-0.2, -0.15) is 0 Å². The molecule has 0 fully saturated rings. The van der Waals surface area contributed by atoms with Crippen LogP contribution in [-0.2, 0) is 9.59 Å². The predicted octanol–water partition coefficient (Wildman–Crippen LogP) is 8.80. The van der Waals surface area contributed by atoms with E-state index in [-0.39, 0.29) is 17.4 Å². The normalized spacial score (nSPS) is 11.0. The molecule has 224 valence electrons. The van der Waals surface area contributed by atoms with Crippen molar-refractivity contribution in [3.8, 4) is 11.1 Å². The van der Waals surface area contributed by atoms with Gasteiger partial charge in [-0.15, -0.1) is 11.8 Å². The summed E-state index contributed by atoms with van der Waals surface area (Å²) in [6.07, 6.45) is 1.64. The van der Waals surface area contributed by atoms with Crippen LogP contribution in [0.4, 0.5) is 11.4 Å². The molecular weight excluding hydrogens is 625 g/mol. The number of nitrogens with one attached hydrogen (secondary N) is 3. The van der Waals surface area contributed by atoms with Crippen LogP contribution in [0.5, 0.6) is 0 Å². The summed E-state index contributed by atoms with van der Waals surface area (Å²) < 4.78 is 0. The molecule has 6 nitrogen and oxygen atoms in total. The Hall–Kier alpha value is -4.82. The molecule has 0 heterocycles. The van der Waals surface area contributed by atoms with Crippen molar-refractivity contribution in [2.45, 2.75) is 4.90 Å². The van der Waals surface area contributed by atoms with Crippen LogP contribution in [0.1, 0.15) is 15.9 Å². The monoisotopic (exact) mass is 651 g/mol. The zero-order valence-electron chi connectivity index (χ0n) is 23.8. The minimum Gasteiger partial charge on any atom is -0.324 e. The van der Waals surface area contributed by atoms with E-state index in [1.807, 2.05) is 60.7 Å². The maximum Gasteiger partial charge on any atom is 0.272 e. The van der Waals surface area contributed by atoms with Crippen molar-refractivity contribution in [3.05, 3.63) is 154 Å². The highest BCUT2D eigenvalue weighted by molar-refractivity contribution is 8.00. The van der Waals surface area contributed by atoms with Crippen LogP contribution in [-0.4, -0.2) is 23.5 Å². The molecule has 0 radical (unpaired) electrons. The van der Waals surface area contributed by atoms with Crippen molar-refractivity contribution in [1.29, 1.82) is 0 Å². The third-order valence-electron chi connectivity index (χ3n) is 6.54. The topological polar surface area (TPSA) is 87.3 Å². The van der Waals surface area contributed by atoms with E-state index in [0.717, 1.165) is 21.6 Å². The van der Waals surface area contributed by atoms with Crippen LogP contribution in [0.15, 0.2) is 138 Å². The molecule has 0 aliphatic heterocycles. The number of carbonyl (C=O) groups is 3. The van der Waals surface area contributed by atoms with Gasteiger partial charge in [-0.3, -0.25) is 14.4 Å². The summed E-state index contributed by atoms with van der Waals surface area (Å²) in [5, 5.41) is 9.23. The number of benzene rings is 5. The number of anilines is 2. The molecule has 0 saturated heterocycles. The van der Waals surface area contributed by atoms with Gasteiger partial charge in [0, 0.05) is 21.2 Å². The molecule has 0 saturated carbocycles. The first-order valence-electron chi connectivity index (χ1n) is 13.9. The van der Waals surface area contributed by atoms with E-state index in [9.17, 15) is 14.4 Å². The third-order valence-corrected chi connectivity index (χ3v) is 8.10. The molecule has 3 N–H and O–H groups in total. The van der Waals surface area contributed by atoms with E-state index in [4.69, 9.17) is 23.2 Å². The van der Waals surface area contributed by atoms with Crippen molar-refractivity contribution in [1.82, 2.24) is 5.32 Å². The summed E-state index contributed by atoms with van der Waals surface area (Å²) in [6, 6.07) is 38.3. The Labute approximate surface area is 275 Å². The molecule has 45 heavy (non-hydrogen) atoms. The number of halogens is 2. The largest absolute Gasteiger partial charge is 0.324 e. The molecular formula is C36H27Cl2N3O3S. The summed E-state index contributed by atoms with van der Waals surface area (Å²) in [4.78, 5) is 39.7. The molecule has 0 bridgehead atoms. The fourth-order valence-corrected chi connectivity index (χ4v) is 5.42. The van der Waals surface area contributed by atoms with E-state index in [2.05, 4.69) is 16.0 Å². The number of thioether (sulfide) groups is 1. The molecule has 0 spiro atoms. The Kier molecular flexibility index (Phi) is 10.7. The lowest BCUT2D eigenvalue weighted by atomic mass is 10.0. The Balaban J connectivity index is 1.26. The Morgan fingerprint density at radius 1 is 0.689 bits per heavy atom. The fourth-order valence-electron chi connectivity index (χ4n) is 4.27. The lowest BCUT2D eigenvalue weighted by molar-refractivity contribution is -0.114. The summed E-state index contributed by atoms with van der Waals surface area (Å²) in [5.74, 6) is -0.942. The van der Waals surface area contributed by atoms with Crippen molar-refractivity contribution in [2.24, 2.45) is 0 Å². The van der Waals surface area contributed by atoms with Gasteiger partial charge in [0.05, 0.1) is 16.5 Å². The first-order valence-corrected chi connectivity index (χ1v) is 15.6. The number of rotatable bonds is 10. The SMILES string of the molecule is O=C(CSc1ccc(NC(=O)/C(=C/c2ccc(-c3ccccc3)cc2)NC(=O)c2ccccc2)cc1)Nc1ccc(Cl)cc1Cl. The molecule has 3 amide bonds. The van der Waals surface area contributed by atoms with Crippen molar-refractivity contribution in [2.75, 3.05) is 16.4 Å². The van der Waals surface area contributed by atoms with Crippen LogP contribution < -0.4 is 16.0 Å². The molecule has 5 aromatic carbocycles. The van der Waals surface area contributed by atoms with Gasteiger partial charge in [0.1, 0.15) is 5.70 Å². The molecule has 0 unspecified atom stereocenters. The lowest BCUT2D eigenvalue weighted by Gasteiger charge is -2.12. The number of amides is 3.